The molecule has 0 spiro atoms. The molecule has 5 heteroatoms. The Morgan fingerprint density at radius 1 is 1.08 bits per heavy atom. The van der Waals surface area contributed by atoms with Crippen LogP contribution in [0.25, 0.3) is 0 Å². The van der Waals surface area contributed by atoms with E-state index in [2.05, 4.69) is 41.8 Å². The maximum absolute atomic E-state index is 11.1. The van der Waals surface area contributed by atoms with Crippen molar-refractivity contribution >= 4 is 11.6 Å². The summed E-state index contributed by atoms with van der Waals surface area (Å²) in [4.78, 5) is 13.2. The monoisotopic (exact) mass is 341 g/mol. The van der Waals surface area contributed by atoms with Crippen LogP contribution in [-0.2, 0) is 11.3 Å². The summed E-state index contributed by atoms with van der Waals surface area (Å²) in [6, 6.07) is 16.3. The van der Waals surface area contributed by atoms with E-state index in [1.807, 2.05) is 36.4 Å². The lowest BCUT2D eigenvalue weighted by atomic mass is 10.1. The van der Waals surface area contributed by atoms with E-state index in [0.29, 0.717) is 0 Å². The molecule has 0 aliphatic carbocycles. The van der Waals surface area contributed by atoms with E-state index in [1.54, 1.807) is 7.11 Å². The third-order valence-electron chi connectivity index (χ3n) is 3.89. The second-order valence-electron chi connectivity index (χ2n) is 6.35. The van der Waals surface area contributed by atoms with Crippen LogP contribution in [0.15, 0.2) is 48.5 Å². The second-order valence-corrected chi connectivity index (χ2v) is 6.35. The predicted molar refractivity (Wildman–Crippen MR) is 102 cm³/mol. The summed E-state index contributed by atoms with van der Waals surface area (Å²) in [6.07, 6.45) is 0. The zero-order valence-electron chi connectivity index (χ0n) is 15.4. The molecule has 0 unspecified atom stereocenters. The van der Waals surface area contributed by atoms with Gasteiger partial charge in [-0.1, -0.05) is 24.3 Å². The largest absolute Gasteiger partial charge is 0.497 e. The Morgan fingerprint density at radius 3 is 2.24 bits per heavy atom. The minimum Gasteiger partial charge on any atom is -0.497 e. The van der Waals surface area contributed by atoms with E-state index < -0.39 is 0 Å². The molecule has 0 bridgehead atoms. The van der Waals surface area contributed by atoms with E-state index in [0.717, 1.165) is 24.5 Å². The van der Waals surface area contributed by atoms with Gasteiger partial charge in [0.25, 0.3) is 0 Å². The zero-order chi connectivity index (χ0) is 18.2. The topological polar surface area (TPSA) is 53.6 Å². The molecule has 2 aromatic rings. The average molecular weight is 341 g/mol. The molecule has 1 atom stereocenters. The van der Waals surface area contributed by atoms with Gasteiger partial charge in [0.05, 0.1) is 7.11 Å². The van der Waals surface area contributed by atoms with Crippen LogP contribution >= 0.6 is 0 Å². The summed E-state index contributed by atoms with van der Waals surface area (Å²) >= 11 is 0. The number of hydrogen-bond acceptors (Lipinski definition) is 4. The van der Waals surface area contributed by atoms with Crippen molar-refractivity contribution in [1.29, 1.82) is 0 Å². The fraction of sp³-hybridized carbons (Fsp3) is 0.350. The van der Waals surface area contributed by atoms with Gasteiger partial charge in [0.1, 0.15) is 5.75 Å². The first-order chi connectivity index (χ1) is 12.0. The Bertz CT molecular complexity index is 666. The van der Waals surface area contributed by atoms with Crippen LogP contribution < -0.4 is 15.4 Å². The van der Waals surface area contributed by atoms with Gasteiger partial charge in [-0.25, -0.2) is 0 Å². The zero-order valence-corrected chi connectivity index (χ0v) is 15.4. The molecule has 0 heterocycles. The lowest BCUT2D eigenvalue weighted by Crippen LogP contribution is -2.30. The summed E-state index contributed by atoms with van der Waals surface area (Å²) in [6.45, 7) is 3.16. The molecule has 0 saturated heterocycles. The molecule has 2 N–H and O–H groups in total. The number of methoxy groups -OCH3 is 1. The van der Waals surface area contributed by atoms with Gasteiger partial charge >= 0.3 is 0 Å². The summed E-state index contributed by atoms with van der Waals surface area (Å²) in [5.74, 6) is 0.803. The smallest absolute Gasteiger partial charge is 0.221 e. The van der Waals surface area contributed by atoms with Crippen molar-refractivity contribution in [3.8, 4) is 5.75 Å². The van der Waals surface area contributed by atoms with Crippen LogP contribution in [-0.4, -0.2) is 38.6 Å². The fourth-order valence-electron chi connectivity index (χ4n) is 2.64. The summed E-state index contributed by atoms with van der Waals surface area (Å²) < 4.78 is 5.24. The normalized spacial score (nSPS) is 12.0. The van der Waals surface area contributed by atoms with E-state index >= 15 is 0 Å². The number of carbonyl (C=O) groups excluding carboxylic acids is 1. The van der Waals surface area contributed by atoms with Crippen LogP contribution in [0.4, 0.5) is 5.69 Å². The summed E-state index contributed by atoms with van der Waals surface area (Å²) in [7, 11) is 5.82. The Hall–Kier alpha value is -2.37. The van der Waals surface area contributed by atoms with Gasteiger partial charge in [-0.3, -0.25) is 4.79 Å². The highest BCUT2D eigenvalue weighted by atomic mass is 16.5. The van der Waals surface area contributed by atoms with Gasteiger partial charge in [0, 0.05) is 31.7 Å². The molecular weight excluding hydrogens is 314 g/mol. The van der Waals surface area contributed by atoms with Crippen LogP contribution in [0.2, 0.25) is 0 Å². The van der Waals surface area contributed by atoms with Gasteiger partial charge in [-0.05, 0) is 49.5 Å². The molecule has 5 nitrogen and oxygen atoms in total. The number of hydrogen-bond donors (Lipinski definition) is 2. The molecule has 134 valence electrons. The Balaban J connectivity index is 2.02. The van der Waals surface area contributed by atoms with E-state index in [-0.39, 0.29) is 11.9 Å². The number of carbonyl (C=O) groups is 1. The first-order valence-electron chi connectivity index (χ1n) is 8.36. The molecular formula is C20H27N3O2. The maximum atomic E-state index is 11.1. The quantitative estimate of drug-likeness (QED) is 0.775. The van der Waals surface area contributed by atoms with Gasteiger partial charge < -0.3 is 20.3 Å². The summed E-state index contributed by atoms with van der Waals surface area (Å²) in [5, 5.41) is 6.39. The molecule has 2 rings (SSSR count). The van der Waals surface area contributed by atoms with Gasteiger partial charge in [-0.15, -0.1) is 0 Å². The molecule has 25 heavy (non-hydrogen) atoms. The Morgan fingerprint density at radius 2 is 1.72 bits per heavy atom. The van der Waals surface area contributed by atoms with Crippen molar-refractivity contribution < 1.29 is 9.53 Å². The third kappa shape index (κ3) is 6.21. The number of nitrogens with zero attached hydrogens (tertiary/aromatic N) is 1. The average Bonchev–Trinajstić information content (AvgIpc) is 2.59. The van der Waals surface area contributed by atoms with Crippen molar-refractivity contribution in [2.45, 2.75) is 19.5 Å². The fourth-order valence-corrected chi connectivity index (χ4v) is 2.64. The molecule has 2 aromatic carbocycles. The predicted octanol–water partition coefficient (Wildman–Crippen LogP) is 3.05. The van der Waals surface area contributed by atoms with Gasteiger partial charge in [-0.2, -0.15) is 0 Å². The van der Waals surface area contributed by atoms with E-state index in [9.17, 15) is 4.79 Å². The number of nitrogens with one attached hydrogen (secondary N) is 2. The molecule has 0 aliphatic heterocycles. The Labute approximate surface area is 150 Å². The molecule has 0 saturated carbocycles. The van der Waals surface area contributed by atoms with Crippen molar-refractivity contribution in [3.05, 3.63) is 59.7 Å². The Kier molecular flexibility index (Phi) is 6.98. The first kappa shape index (κ1) is 19.0. The van der Waals surface area contributed by atoms with Crippen molar-refractivity contribution in [3.63, 3.8) is 0 Å². The van der Waals surface area contributed by atoms with Gasteiger partial charge in [0.2, 0.25) is 5.91 Å². The van der Waals surface area contributed by atoms with E-state index in [4.69, 9.17) is 4.74 Å². The number of amides is 1. The number of likely N-dealkylation sites (N-methyl/N-ethyl adjacent to an activating group) is 1. The van der Waals surface area contributed by atoms with Crippen LogP contribution in [0.3, 0.4) is 0 Å². The number of anilines is 1. The van der Waals surface area contributed by atoms with Crippen LogP contribution in [0.5, 0.6) is 5.75 Å². The minimum absolute atomic E-state index is 0.0589. The van der Waals surface area contributed by atoms with Crippen LogP contribution in [0, 0.1) is 0 Å². The van der Waals surface area contributed by atoms with Gasteiger partial charge in [0.15, 0.2) is 0 Å². The number of ether oxygens (including phenoxy) is 1. The highest BCUT2D eigenvalue weighted by Gasteiger charge is 2.12. The standard InChI is InChI=1S/C20H27N3O2/c1-15(24)22-18-9-5-16(6-10-18)13-21-20(14-23(2)3)17-7-11-19(25-4)12-8-17/h5-12,20-21H,13-14H2,1-4H3,(H,22,24)/t20-/m1/s1. The highest BCUT2D eigenvalue weighted by Crippen LogP contribution is 2.19. The maximum Gasteiger partial charge on any atom is 0.221 e. The lowest BCUT2D eigenvalue weighted by molar-refractivity contribution is -0.114. The molecule has 0 fully saturated rings. The van der Waals surface area contributed by atoms with Crippen molar-refractivity contribution in [2.24, 2.45) is 0 Å². The highest BCUT2D eigenvalue weighted by molar-refractivity contribution is 5.88. The number of rotatable bonds is 8. The molecule has 1 amide bonds. The third-order valence-corrected chi connectivity index (χ3v) is 3.89. The minimum atomic E-state index is -0.0589. The summed E-state index contributed by atoms with van der Waals surface area (Å²) in [5.41, 5.74) is 3.21. The number of benzene rings is 2. The first-order valence-corrected chi connectivity index (χ1v) is 8.36. The molecule has 0 radical (unpaired) electrons. The lowest BCUT2D eigenvalue weighted by Gasteiger charge is -2.23. The molecule has 0 aromatic heterocycles. The SMILES string of the molecule is COc1ccc([C@@H](CN(C)C)NCc2ccc(NC(C)=O)cc2)cc1. The second kappa shape index (κ2) is 9.20. The van der Waals surface area contributed by atoms with E-state index in [1.165, 1.54) is 18.1 Å². The van der Waals surface area contributed by atoms with Crippen LogP contribution in [0.1, 0.15) is 24.1 Å². The van der Waals surface area contributed by atoms with Crippen molar-refractivity contribution in [1.82, 2.24) is 10.2 Å². The van der Waals surface area contributed by atoms with Crippen molar-refractivity contribution in [2.75, 3.05) is 33.1 Å². The molecule has 0 aliphatic rings.